The van der Waals surface area contributed by atoms with E-state index in [0.29, 0.717) is 11.5 Å². The van der Waals surface area contributed by atoms with Crippen molar-refractivity contribution < 1.29 is 23.9 Å². The van der Waals surface area contributed by atoms with Gasteiger partial charge in [-0.15, -0.1) is 0 Å². The van der Waals surface area contributed by atoms with E-state index in [2.05, 4.69) is 5.10 Å². The van der Waals surface area contributed by atoms with Gasteiger partial charge in [0.25, 0.3) is 0 Å². The van der Waals surface area contributed by atoms with Gasteiger partial charge >= 0.3 is 11.9 Å². The summed E-state index contributed by atoms with van der Waals surface area (Å²) in [6.07, 6.45) is 1.69. The minimum absolute atomic E-state index is 0.0218. The Hall–Kier alpha value is -3.48. The SMILES string of the molecule is CC(=O)Oc1ccc([C@H]2[C@@H]3CCc4ccc(OC(C)=O)cc4C3=NN2C(C)=O)cc1. The van der Waals surface area contributed by atoms with E-state index >= 15 is 0 Å². The predicted molar refractivity (Wildman–Crippen MR) is 109 cm³/mol. The van der Waals surface area contributed by atoms with Crippen LogP contribution in [0.25, 0.3) is 0 Å². The first-order valence-electron chi connectivity index (χ1n) is 9.82. The average Bonchev–Trinajstić information content (AvgIpc) is 3.08. The van der Waals surface area contributed by atoms with E-state index in [4.69, 9.17) is 9.47 Å². The maximum absolute atomic E-state index is 12.4. The predicted octanol–water partition coefficient (Wildman–Crippen LogP) is 3.41. The van der Waals surface area contributed by atoms with E-state index in [1.807, 2.05) is 24.3 Å². The van der Waals surface area contributed by atoms with E-state index in [9.17, 15) is 14.4 Å². The van der Waals surface area contributed by atoms with Crippen LogP contribution >= 0.6 is 0 Å². The van der Waals surface area contributed by atoms with Crippen molar-refractivity contribution in [1.29, 1.82) is 0 Å². The second-order valence-corrected chi connectivity index (χ2v) is 7.51. The van der Waals surface area contributed by atoms with Gasteiger partial charge in [0.15, 0.2) is 0 Å². The fourth-order valence-corrected chi connectivity index (χ4v) is 4.21. The van der Waals surface area contributed by atoms with Gasteiger partial charge in [-0.1, -0.05) is 18.2 Å². The molecule has 2 atom stereocenters. The van der Waals surface area contributed by atoms with E-state index in [0.717, 1.165) is 35.2 Å². The Morgan fingerprint density at radius 3 is 2.20 bits per heavy atom. The summed E-state index contributed by atoms with van der Waals surface area (Å²) >= 11 is 0. The highest BCUT2D eigenvalue weighted by atomic mass is 16.5. The molecule has 0 unspecified atom stereocenters. The van der Waals surface area contributed by atoms with Crippen molar-refractivity contribution in [3.05, 3.63) is 59.2 Å². The summed E-state index contributed by atoms with van der Waals surface area (Å²) in [7, 11) is 0. The number of benzene rings is 2. The molecule has 0 aromatic heterocycles. The summed E-state index contributed by atoms with van der Waals surface area (Å²) in [5.74, 6) is 0.0315. The molecule has 2 aliphatic rings. The van der Waals surface area contributed by atoms with Gasteiger partial charge in [-0.3, -0.25) is 14.4 Å². The number of hydrogen-bond donors (Lipinski definition) is 0. The molecule has 0 saturated carbocycles. The zero-order valence-corrected chi connectivity index (χ0v) is 17.0. The molecule has 1 aliphatic heterocycles. The van der Waals surface area contributed by atoms with Crippen LogP contribution in [0, 0.1) is 5.92 Å². The van der Waals surface area contributed by atoms with Crippen molar-refractivity contribution in [2.24, 2.45) is 11.0 Å². The minimum Gasteiger partial charge on any atom is -0.427 e. The summed E-state index contributed by atoms with van der Waals surface area (Å²) < 4.78 is 10.4. The fourth-order valence-electron chi connectivity index (χ4n) is 4.21. The molecule has 2 aromatic rings. The Labute approximate surface area is 174 Å². The van der Waals surface area contributed by atoms with Gasteiger partial charge in [-0.2, -0.15) is 5.10 Å². The van der Waals surface area contributed by atoms with Crippen LogP contribution in [-0.2, 0) is 20.8 Å². The van der Waals surface area contributed by atoms with Crippen LogP contribution in [0.1, 0.15) is 49.9 Å². The van der Waals surface area contributed by atoms with Gasteiger partial charge in [0.1, 0.15) is 11.5 Å². The third kappa shape index (κ3) is 3.70. The molecule has 0 bridgehead atoms. The van der Waals surface area contributed by atoms with Crippen molar-refractivity contribution in [1.82, 2.24) is 5.01 Å². The Balaban J connectivity index is 1.70. The molecule has 0 N–H and O–H groups in total. The molecule has 0 saturated heterocycles. The summed E-state index contributed by atoms with van der Waals surface area (Å²) in [6.45, 7) is 4.21. The van der Waals surface area contributed by atoms with E-state index in [-0.39, 0.29) is 29.8 Å². The molecule has 1 aliphatic carbocycles. The number of esters is 2. The van der Waals surface area contributed by atoms with Crippen LogP contribution in [0.2, 0.25) is 0 Å². The maximum atomic E-state index is 12.4. The zero-order valence-electron chi connectivity index (χ0n) is 17.0. The van der Waals surface area contributed by atoms with Crippen LogP contribution < -0.4 is 9.47 Å². The first-order chi connectivity index (χ1) is 14.3. The summed E-state index contributed by atoms with van der Waals surface area (Å²) in [5.41, 5.74) is 3.78. The topological polar surface area (TPSA) is 85.3 Å². The highest BCUT2D eigenvalue weighted by Gasteiger charge is 2.43. The number of ether oxygens (including phenoxy) is 2. The number of hydrazone groups is 1. The highest BCUT2D eigenvalue weighted by Crippen LogP contribution is 2.44. The first kappa shape index (κ1) is 19.8. The van der Waals surface area contributed by atoms with Crippen LogP contribution in [0.4, 0.5) is 0 Å². The smallest absolute Gasteiger partial charge is 0.308 e. The van der Waals surface area contributed by atoms with Crippen molar-refractivity contribution in [2.75, 3.05) is 0 Å². The Bertz CT molecular complexity index is 1060. The lowest BCUT2D eigenvalue weighted by molar-refractivity contribution is -0.132. The van der Waals surface area contributed by atoms with Gasteiger partial charge in [-0.25, -0.2) is 5.01 Å². The molecule has 2 aromatic carbocycles. The lowest BCUT2D eigenvalue weighted by atomic mass is 9.77. The molecule has 0 spiro atoms. The summed E-state index contributed by atoms with van der Waals surface area (Å²) in [5, 5.41) is 6.20. The van der Waals surface area contributed by atoms with Crippen molar-refractivity contribution >= 4 is 23.6 Å². The lowest BCUT2D eigenvalue weighted by Gasteiger charge is -2.29. The van der Waals surface area contributed by atoms with Crippen LogP contribution in [0.15, 0.2) is 47.6 Å². The highest BCUT2D eigenvalue weighted by molar-refractivity contribution is 6.07. The lowest BCUT2D eigenvalue weighted by Crippen LogP contribution is -2.31. The zero-order chi connectivity index (χ0) is 21.4. The minimum atomic E-state index is -0.383. The molecule has 7 nitrogen and oxygen atoms in total. The molecule has 1 amide bonds. The number of hydrogen-bond acceptors (Lipinski definition) is 6. The molecule has 7 heteroatoms. The van der Waals surface area contributed by atoms with Crippen molar-refractivity contribution in [3.63, 3.8) is 0 Å². The largest absolute Gasteiger partial charge is 0.427 e. The number of carbonyl (C=O) groups is 3. The molecular formula is C23H22N2O5. The van der Waals surface area contributed by atoms with Gasteiger partial charge in [0, 0.05) is 32.3 Å². The maximum Gasteiger partial charge on any atom is 0.308 e. The van der Waals surface area contributed by atoms with Crippen LogP contribution in [0.3, 0.4) is 0 Å². The Kier molecular flexibility index (Phi) is 5.11. The van der Waals surface area contributed by atoms with Crippen molar-refractivity contribution in [2.45, 2.75) is 39.7 Å². The molecule has 1 heterocycles. The Morgan fingerprint density at radius 1 is 0.933 bits per heavy atom. The molecule has 30 heavy (non-hydrogen) atoms. The second kappa shape index (κ2) is 7.74. The standard InChI is InChI=1S/C23H22N2O5/c1-13(26)25-23(17-5-8-18(9-6-17)29-14(2)27)20-11-7-16-4-10-19(30-15(3)28)12-21(16)22(20)24-25/h4-6,8-10,12,20,23H,7,11H2,1-3H3/t20-,23+/m1/s1. The number of amides is 1. The number of fused-ring (bicyclic) bond motifs is 3. The first-order valence-corrected chi connectivity index (χ1v) is 9.82. The monoisotopic (exact) mass is 406 g/mol. The number of carbonyl (C=O) groups excluding carboxylic acids is 3. The third-order valence-electron chi connectivity index (χ3n) is 5.36. The third-order valence-corrected chi connectivity index (χ3v) is 5.36. The molecule has 154 valence electrons. The number of aryl methyl sites for hydroxylation is 1. The quantitative estimate of drug-likeness (QED) is 0.576. The van der Waals surface area contributed by atoms with Crippen molar-refractivity contribution in [3.8, 4) is 11.5 Å². The van der Waals surface area contributed by atoms with E-state index in [1.165, 1.54) is 25.8 Å². The molecular weight excluding hydrogens is 384 g/mol. The van der Waals surface area contributed by atoms with E-state index < -0.39 is 0 Å². The fraction of sp³-hybridized carbons (Fsp3) is 0.304. The van der Waals surface area contributed by atoms with Crippen LogP contribution in [-0.4, -0.2) is 28.6 Å². The van der Waals surface area contributed by atoms with Gasteiger partial charge < -0.3 is 9.47 Å². The normalized spacial score (nSPS) is 19.4. The van der Waals surface area contributed by atoms with Gasteiger partial charge in [-0.05, 0) is 48.2 Å². The summed E-state index contributed by atoms with van der Waals surface area (Å²) in [4.78, 5) is 34.9. The van der Waals surface area contributed by atoms with Crippen LogP contribution in [0.5, 0.6) is 11.5 Å². The Morgan fingerprint density at radius 2 is 1.57 bits per heavy atom. The number of rotatable bonds is 3. The summed E-state index contributed by atoms with van der Waals surface area (Å²) in [6, 6.07) is 12.5. The second-order valence-electron chi connectivity index (χ2n) is 7.51. The number of nitrogens with zero attached hydrogens (tertiary/aromatic N) is 2. The van der Waals surface area contributed by atoms with Gasteiger partial charge in [0.05, 0.1) is 11.8 Å². The molecule has 4 rings (SSSR count). The van der Waals surface area contributed by atoms with Gasteiger partial charge in [0.2, 0.25) is 5.91 Å². The van der Waals surface area contributed by atoms with E-state index in [1.54, 1.807) is 18.2 Å². The molecule has 0 fully saturated rings. The average molecular weight is 406 g/mol. The molecule has 0 radical (unpaired) electrons.